The summed E-state index contributed by atoms with van der Waals surface area (Å²) in [6, 6.07) is 3.54. The lowest BCUT2D eigenvalue weighted by Gasteiger charge is -2.41. The zero-order valence-electron chi connectivity index (χ0n) is 24.8. The second-order valence-electron chi connectivity index (χ2n) is 11.9. The third kappa shape index (κ3) is 7.09. The molecule has 0 spiro atoms. The average Bonchev–Trinajstić information content (AvgIpc) is 2.97. The van der Waals surface area contributed by atoms with Crippen LogP contribution in [0.15, 0.2) is 35.9 Å². The number of aliphatic hydroxyl groups excluding tert-OH is 8. The van der Waals surface area contributed by atoms with Crippen molar-refractivity contribution in [2.75, 3.05) is 13.2 Å². The zero-order valence-corrected chi connectivity index (χ0v) is 24.8. The highest BCUT2D eigenvalue weighted by Crippen LogP contribution is 2.48. The summed E-state index contributed by atoms with van der Waals surface area (Å²) in [4.78, 5) is 0. The van der Waals surface area contributed by atoms with Crippen LogP contribution in [0.2, 0.25) is 0 Å². The molecule has 2 saturated heterocycles. The second kappa shape index (κ2) is 14.3. The molecule has 0 radical (unpaired) electrons. The SMILES string of the molecule is C=C(C)C1CCC(C)=C[C@H]1c1c(O[C@@H]2O[C@H](CO)[C@@H](O)[C@H](O)[C@H]2O)cc(CCC)cc1O[C@@H]1O[C@H](CO)[C@@H](O)[C@H](O)[C@H]1O. The van der Waals surface area contributed by atoms with E-state index in [1.54, 1.807) is 12.1 Å². The largest absolute Gasteiger partial charge is 0.462 e. The molecule has 12 heteroatoms. The van der Waals surface area contributed by atoms with Crippen LogP contribution in [-0.4, -0.2) is 115 Å². The van der Waals surface area contributed by atoms with Crippen LogP contribution in [0.1, 0.15) is 57.1 Å². The highest BCUT2D eigenvalue weighted by molar-refractivity contribution is 5.53. The lowest BCUT2D eigenvalue weighted by molar-refractivity contribution is -0.279. The Morgan fingerprint density at radius 1 is 0.837 bits per heavy atom. The Morgan fingerprint density at radius 3 is 1.74 bits per heavy atom. The Kier molecular flexibility index (Phi) is 11.3. The summed E-state index contributed by atoms with van der Waals surface area (Å²) < 4.78 is 23.9. The molecule has 1 aromatic rings. The summed E-state index contributed by atoms with van der Waals surface area (Å²) in [7, 11) is 0. The van der Waals surface area contributed by atoms with Crippen molar-refractivity contribution in [1.29, 1.82) is 0 Å². The van der Waals surface area contributed by atoms with Crippen molar-refractivity contribution in [3.8, 4) is 11.5 Å². The number of benzene rings is 1. The molecule has 2 heterocycles. The van der Waals surface area contributed by atoms with Crippen LogP contribution in [-0.2, 0) is 15.9 Å². The summed E-state index contributed by atoms with van der Waals surface area (Å²) in [5.41, 5.74) is 3.27. The first-order valence-corrected chi connectivity index (χ1v) is 14.9. The van der Waals surface area contributed by atoms with Crippen LogP contribution in [0.25, 0.3) is 0 Å². The van der Waals surface area contributed by atoms with Gasteiger partial charge in [0.05, 0.1) is 13.2 Å². The summed E-state index contributed by atoms with van der Waals surface area (Å²) in [5, 5.41) is 82.4. The zero-order chi connectivity index (χ0) is 31.6. The van der Waals surface area contributed by atoms with Crippen LogP contribution in [0.4, 0.5) is 0 Å². The molecule has 8 N–H and O–H groups in total. The minimum Gasteiger partial charge on any atom is -0.462 e. The molecule has 0 bridgehead atoms. The van der Waals surface area contributed by atoms with Crippen molar-refractivity contribution in [2.24, 2.45) is 5.92 Å². The molecular weight excluding hydrogens is 564 g/mol. The Hall–Kier alpha value is -2.10. The van der Waals surface area contributed by atoms with Crippen molar-refractivity contribution < 1.29 is 59.8 Å². The van der Waals surface area contributed by atoms with Crippen molar-refractivity contribution >= 4 is 0 Å². The van der Waals surface area contributed by atoms with Gasteiger partial charge in [0.2, 0.25) is 12.6 Å². The highest BCUT2D eigenvalue weighted by atomic mass is 16.7. The highest BCUT2D eigenvalue weighted by Gasteiger charge is 2.47. The number of ether oxygens (including phenoxy) is 4. The Labute approximate surface area is 251 Å². The summed E-state index contributed by atoms with van der Waals surface area (Å²) in [6.45, 7) is 8.86. The molecule has 1 unspecified atom stereocenters. The van der Waals surface area contributed by atoms with Gasteiger partial charge >= 0.3 is 0 Å². The first kappa shape index (κ1) is 33.8. The van der Waals surface area contributed by atoms with Crippen LogP contribution < -0.4 is 9.47 Å². The Balaban J connectivity index is 1.86. The number of aryl methyl sites for hydroxylation is 1. The molecule has 0 aromatic heterocycles. The van der Waals surface area contributed by atoms with E-state index >= 15 is 0 Å². The molecule has 242 valence electrons. The standard InChI is InChI=1S/C31H46O12/c1-5-6-16-10-19(40-30-28(38)26(36)24(34)21(12-32)42-30)23(18-9-15(4)7-8-17(18)14(2)3)20(11-16)41-31-29(39)27(37)25(35)22(13-33)43-31/h9-11,17-18,21-22,24-39H,2,5-8,12-13H2,1,3-4H3/t17?,18-,21-,22-,24-,25-,26+,27+,28-,29-,30-,31-/m1/s1. The molecule has 4 rings (SSSR count). The van der Waals surface area contributed by atoms with Crippen LogP contribution in [0, 0.1) is 5.92 Å². The van der Waals surface area contributed by atoms with Gasteiger partial charge in [0.15, 0.2) is 0 Å². The quantitative estimate of drug-likeness (QED) is 0.165. The van der Waals surface area contributed by atoms with Gasteiger partial charge in [-0.15, -0.1) is 0 Å². The fraction of sp³-hybridized carbons (Fsp3) is 0.677. The first-order chi connectivity index (χ1) is 20.4. The fourth-order valence-electron chi connectivity index (χ4n) is 6.10. The van der Waals surface area contributed by atoms with E-state index in [2.05, 4.69) is 12.7 Å². The van der Waals surface area contributed by atoms with Gasteiger partial charge in [-0.25, -0.2) is 0 Å². The van der Waals surface area contributed by atoms with E-state index in [0.717, 1.165) is 36.0 Å². The Morgan fingerprint density at radius 2 is 1.33 bits per heavy atom. The van der Waals surface area contributed by atoms with Crippen molar-refractivity contribution in [3.05, 3.63) is 47.1 Å². The molecule has 3 aliphatic rings. The van der Waals surface area contributed by atoms with E-state index < -0.39 is 74.6 Å². The molecule has 1 aliphatic carbocycles. The molecule has 43 heavy (non-hydrogen) atoms. The van der Waals surface area contributed by atoms with E-state index in [0.29, 0.717) is 12.0 Å². The molecule has 12 atom stereocenters. The number of rotatable bonds is 10. The minimum absolute atomic E-state index is 0.0602. The molecule has 2 aliphatic heterocycles. The summed E-state index contributed by atoms with van der Waals surface area (Å²) in [5.74, 6) is 0.0471. The predicted molar refractivity (Wildman–Crippen MR) is 153 cm³/mol. The van der Waals surface area contributed by atoms with E-state index in [4.69, 9.17) is 18.9 Å². The monoisotopic (exact) mass is 610 g/mol. The number of aliphatic hydroxyl groups is 8. The van der Waals surface area contributed by atoms with Gasteiger partial charge in [-0.3, -0.25) is 0 Å². The molecule has 2 fully saturated rings. The van der Waals surface area contributed by atoms with Gasteiger partial charge in [-0.2, -0.15) is 0 Å². The topological polar surface area (TPSA) is 199 Å². The van der Waals surface area contributed by atoms with Crippen LogP contribution in [0.3, 0.4) is 0 Å². The maximum absolute atomic E-state index is 10.8. The maximum atomic E-state index is 10.8. The van der Waals surface area contributed by atoms with E-state index in [1.807, 2.05) is 20.8 Å². The minimum atomic E-state index is -1.66. The van der Waals surface area contributed by atoms with E-state index in [9.17, 15) is 40.9 Å². The van der Waals surface area contributed by atoms with Crippen molar-refractivity contribution in [1.82, 2.24) is 0 Å². The molecule has 0 saturated carbocycles. The second-order valence-corrected chi connectivity index (χ2v) is 11.9. The maximum Gasteiger partial charge on any atom is 0.229 e. The molecule has 12 nitrogen and oxygen atoms in total. The summed E-state index contributed by atoms with van der Waals surface area (Å²) >= 11 is 0. The Bertz CT molecular complexity index is 1080. The molecular formula is C31H46O12. The number of hydrogen-bond donors (Lipinski definition) is 8. The summed E-state index contributed by atoms with van der Waals surface area (Å²) in [6.07, 6.45) is -10.0. The van der Waals surface area contributed by atoms with Gasteiger partial charge in [0, 0.05) is 11.5 Å². The van der Waals surface area contributed by atoms with Crippen molar-refractivity contribution in [3.63, 3.8) is 0 Å². The predicted octanol–water partition coefficient (Wildman–Crippen LogP) is 0.0125. The van der Waals surface area contributed by atoms with Gasteiger partial charge in [-0.05, 0) is 56.7 Å². The number of hydrogen-bond acceptors (Lipinski definition) is 12. The average molecular weight is 611 g/mol. The number of allylic oxidation sites excluding steroid dienone is 3. The van der Waals surface area contributed by atoms with Gasteiger partial charge in [0.25, 0.3) is 0 Å². The van der Waals surface area contributed by atoms with Crippen molar-refractivity contribution in [2.45, 2.75) is 114 Å². The van der Waals surface area contributed by atoms with Gasteiger partial charge in [0.1, 0.15) is 60.3 Å². The molecule has 0 amide bonds. The van der Waals surface area contributed by atoms with Crippen LogP contribution >= 0.6 is 0 Å². The first-order valence-electron chi connectivity index (χ1n) is 14.9. The third-order valence-electron chi connectivity index (χ3n) is 8.60. The van der Waals surface area contributed by atoms with Gasteiger partial charge in [-0.1, -0.05) is 37.1 Å². The lowest BCUT2D eigenvalue weighted by atomic mass is 9.73. The third-order valence-corrected chi connectivity index (χ3v) is 8.60. The lowest BCUT2D eigenvalue weighted by Crippen LogP contribution is -2.60. The molecule has 1 aromatic carbocycles. The van der Waals surface area contributed by atoms with E-state index in [1.165, 1.54) is 0 Å². The van der Waals surface area contributed by atoms with Crippen LogP contribution in [0.5, 0.6) is 11.5 Å². The van der Waals surface area contributed by atoms with Gasteiger partial charge < -0.3 is 59.8 Å². The normalized spacial score (nSPS) is 38.3. The van der Waals surface area contributed by atoms with E-state index in [-0.39, 0.29) is 23.3 Å². The smallest absolute Gasteiger partial charge is 0.229 e. The fourth-order valence-corrected chi connectivity index (χ4v) is 6.10.